The van der Waals surface area contributed by atoms with Crippen molar-refractivity contribution < 1.29 is 17.9 Å². The highest BCUT2D eigenvalue weighted by Gasteiger charge is 2.32. The lowest BCUT2D eigenvalue weighted by Crippen LogP contribution is -2.46. The van der Waals surface area contributed by atoms with E-state index in [9.17, 15) is 13.2 Å². The number of nitrogens with zero attached hydrogens (tertiary/aromatic N) is 2. The zero-order valence-electron chi connectivity index (χ0n) is 19.9. The maximum Gasteiger partial charge on any atom is 0.225 e. The monoisotopic (exact) mass is 482 g/mol. The Kier molecular flexibility index (Phi) is 6.67. The van der Waals surface area contributed by atoms with Crippen molar-refractivity contribution in [3.05, 3.63) is 59.2 Å². The van der Waals surface area contributed by atoms with Gasteiger partial charge in [0.1, 0.15) is 10.6 Å². The standard InChI is InChI=1S/C27H34N2O4S/c1-34(31,32)26-15-21(16-28-17-23-5-2-3-6-24(23)18-28)9-12-25(26)33-19-20-7-10-22(11-8-20)27(30)29-13-4-14-29/h2-3,5-6,9,12,15,20,22H,4,7-8,10-11,13-14,16-19H2,1H3. The number of rotatable bonds is 7. The normalized spacial score (nSPS) is 22.8. The Hall–Kier alpha value is -2.38. The maximum absolute atomic E-state index is 12.6. The summed E-state index contributed by atoms with van der Waals surface area (Å²) in [4.78, 5) is 17.0. The molecular formula is C27H34N2O4S. The maximum atomic E-state index is 12.6. The number of carbonyl (C=O) groups excluding carboxylic acids is 1. The molecule has 0 bridgehead atoms. The summed E-state index contributed by atoms with van der Waals surface area (Å²) in [5.41, 5.74) is 3.66. The quantitative estimate of drug-likeness (QED) is 0.596. The second-order valence-electron chi connectivity index (χ2n) is 10.2. The van der Waals surface area contributed by atoms with Crippen molar-refractivity contribution in [2.75, 3.05) is 26.0 Å². The van der Waals surface area contributed by atoms with Gasteiger partial charge in [-0.15, -0.1) is 0 Å². The van der Waals surface area contributed by atoms with Gasteiger partial charge in [0, 0.05) is 44.9 Å². The number of ether oxygens (including phenoxy) is 1. The van der Waals surface area contributed by atoms with E-state index in [0.29, 0.717) is 30.7 Å². The van der Waals surface area contributed by atoms with Crippen LogP contribution in [0.15, 0.2) is 47.4 Å². The number of benzene rings is 2. The summed E-state index contributed by atoms with van der Waals surface area (Å²) in [6.07, 6.45) is 6.08. The lowest BCUT2D eigenvalue weighted by molar-refractivity contribution is -0.140. The molecule has 1 aliphatic carbocycles. The molecule has 182 valence electrons. The van der Waals surface area contributed by atoms with Crippen LogP contribution < -0.4 is 4.74 Å². The highest BCUT2D eigenvalue weighted by atomic mass is 32.2. The van der Waals surface area contributed by atoms with Crippen LogP contribution in [-0.4, -0.2) is 50.1 Å². The molecule has 0 aromatic heterocycles. The van der Waals surface area contributed by atoms with Gasteiger partial charge in [-0.2, -0.15) is 0 Å². The van der Waals surface area contributed by atoms with Gasteiger partial charge in [0.25, 0.3) is 0 Å². The second kappa shape index (κ2) is 9.70. The molecule has 0 spiro atoms. The van der Waals surface area contributed by atoms with Gasteiger partial charge in [0.15, 0.2) is 9.84 Å². The van der Waals surface area contributed by atoms with Crippen LogP contribution in [0.3, 0.4) is 0 Å². The van der Waals surface area contributed by atoms with Crippen molar-refractivity contribution >= 4 is 15.7 Å². The van der Waals surface area contributed by atoms with Crippen molar-refractivity contribution in [2.24, 2.45) is 11.8 Å². The highest BCUT2D eigenvalue weighted by Crippen LogP contribution is 2.33. The number of hydrogen-bond donors (Lipinski definition) is 0. The van der Waals surface area contributed by atoms with Gasteiger partial charge in [-0.05, 0) is 66.8 Å². The summed E-state index contributed by atoms with van der Waals surface area (Å²) in [6.45, 7) is 4.78. The van der Waals surface area contributed by atoms with Gasteiger partial charge in [0.2, 0.25) is 5.91 Å². The molecule has 2 fully saturated rings. The van der Waals surface area contributed by atoms with E-state index in [1.165, 1.54) is 17.4 Å². The van der Waals surface area contributed by atoms with Crippen molar-refractivity contribution in [1.82, 2.24) is 9.80 Å². The molecule has 2 heterocycles. The third-order valence-corrected chi connectivity index (χ3v) is 8.68. The van der Waals surface area contributed by atoms with Crippen molar-refractivity contribution in [2.45, 2.75) is 56.6 Å². The fourth-order valence-corrected chi connectivity index (χ4v) is 6.27. The first-order chi connectivity index (χ1) is 16.4. The minimum atomic E-state index is -3.42. The molecule has 2 aromatic rings. The van der Waals surface area contributed by atoms with Crippen LogP contribution in [0, 0.1) is 11.8 Å². The first kappa shape index (κ1) is 23.4. The van der Waals surface area contributed by atoms with Gasteiger partial charge in [-0.25, -0.2) is 8.42 Å². The van der Waals surface area contributed by atoms with E-state index in [1.807, 2.05) is 17.0 Å². The summed E-state index contributed by atoms with van der Waals surface area (Å²) in [7, 11) is -3.42. The predicted molar refractivity (Wildman–Crippen MR) is 131 cm³/mol. The Balaban J connectivity index is 1.19. The molecule has 1 saturated carbocycles. The summed E-state index contributed by atoms with van der Waals surface area (Å²) in [6, 6.07) is 14.0. The van der Waals surface area contributed by atoms with Crippen LogP contribution in [0.1, 0.15) is 48.8 Å². The number of carbonyl (C=O) groups is 1. The van der Waals surface area contributed by atoms with E-state index < -0.39 is 9.84 Å². The van der Waals surface area contributed by atoms with E-state index in [-0.39, 0.29) is 10.8 Å². The molecule has 2 aromatic carbocycles. The predicted octanol–water partition coefficient (Wildman–Crippen LogP) is 4.02. The molecule has 34 heavy (non-hydrogen) atoms. The van der Waals surface area contributed by atoms with Crippen LogP contribution in [-0.2, 0) is 34.3 Å². The molecule has 6 nitrogen and oxygen atoms in total. The average Bonchev–Trinajstić information content (AvgIpc) is 3.19. The van der Waals surface area contributed by atoms with Crippen LogP contribution in [0.5, 0.6) is 5.75 Å². The molecule has 7 heteroatoms. The smallest absolute Gasteiger partial charge is 0.225 e. The summed E-state index contributed by atoms with van der Waals surface area (Å²) in [5.74, 6) is 1.27. The second-order valence-corrected chi connectivity index (χ2v) is 12.2. The Bertz CT molecular complexity index is 1130. The summed E-state index contributed by atoms with van der Waals surface area (Å²) in [5, 5.41) is 0. The fourth-order valence-electron chi connectivity index (χ4n) is 5.41. The van der Waals surface area contributed by atoms with Crippen molar-refractivity contribution in [3.8, 4) is 5.75 Å². The molecular weight excluding hydrogens is 448 g/mol. The highest BCUT2D eigenvalue weighted by molar-refractivity contribution is 7.90. The summed E-state index contributed by atoms with van der Waals surface area (Å²) < 4.78 is 31.2. The van der Waals surface area contributed by atoms with Crippen molar-refractivity contribution in [3.63, 3.8) is 0 Å². The largest absolute Gasteiger partial charge is 0.492 e. The Morgan fingerprint density at radius 1 is 1.00 bits per heavy atom. The van der Waals surface area contributed by atoms with Gasteiger partial charge in [-0.3, -0.25) is 9.69 Å². The van der Waals surface area contributed by atoms with Gasteiger partial charge < -0.3 is 9.64 Å². The molecule has 3 aliphatic rings. The van der Waals surface area contributed by atoms with E-state index in [1.54, 1.807) is 6.07 Å². The number of fused-ring (bicyclic) bond motifs is 1. The van der Waals surface area contributed by atoms with Crippen LogP contribution >= 0.6 is 0 Å². The SMILES string of the molecule is CS(=O)(=O)c1cc(CN2Cc3ccccc3C2)ccc1OCC1CCC(C(=O)N2CCC2)CC1. The Morgan fingerprint density at radius 2 is 1.68 bits per heavy atom. The zero-order chi connectivity index (χ0) is 23.7. The molecule has 1 amide bonds. The first-order valence-electron chi connectivity index (χ1n) is 12.4. The molecule has 2 aliphatic heterocycles. The number of hydrogen-bond acceptors (Lipinski definition) is 5. The molecule has 0 N–H and O–H groups in total. The van der Waals surface area contributed by atoms with E-state index in [0.717, 1.165) is 63.8 Å². The number of likely N-dealkylation sites (tertiary alicyclic amines) is 1. The molecule has 0 radical (unpaired) electrons. The van der Waals surface area contributed by atoms with Crippen LogP contribution in [0.25, 0.3) is 0 Å². The Morgan fingerprint density at radius 3 is 2.26 bits per heavy atom. The molecule has 0 unspecified atom stereocenters. The minimum Gasteiger partial charge on any atom is -0.492 e. The van der Waals surface area contributed by atoms with E-state index >= 15 is 0 Å². The zero-order valence-corrected chi connectivity index (χ0v) is 20.7. The molecule has 0 atom stereocenters. The van der Waals surface area contributed by atoms with Crippen LogP contribution in [0.4, 0.5) is 0 Å². The van der Waals surface area contributed by atoms with E-state index in [4.69, 9.17) is 4.74 Å². The summed E-state index contributed by atoms with van der Waals surface area (Å²) >= 11 is 0. The van der Waals surface area contributed by atoms with Gasteiger partial charge in [0.05, 0.1) is 6.61 Å². The Labute approximate surface area is 202 Å². The molecule has 5 rings (SSSR count). The third kappa shape index (κ3) is 5.15. The first-order valence-corrected chi connectivity index (χ1v) is 14.3. The van der Waals surface area contributed by atoms with Gasteiger partial charge in [-0.1, -0.05) is 30.3 Å². The topological polar surface area (TPSA) is 66.9 Å². The lowest BCUT2D eigenvalue weighted by Gasteiger charge is -2.36. The minimum absolute atomic E-state index is 0.152. The third-order valence-electron chi connectivity index (χ3n) is 7.56. The van der Waals surface area contributed by atoms with E-state index in [2.05, 4.69) is 29.2 Å². The lowest BCUT2D eigenvalue weighted by atomic mass is 9.81. The van der Waals surface area contributed by atoms with Gasteiger partial charge >= 0.3 is 0 Å². The fraction of sp³-hybridized carbons (Fsp3) is 0.519. The van der Waals surface area contributed by atoms with Crippen LogP contribution in [0.2, 0.25) is 0 Å². The molecule has 1 saturated heterocycles. The van der Waals surface area contributed by atoms with Crippen molar-refractivity contribution in [1.29, 1.82) is 0 Å². The number of sulfone groups is 1. The average molecular weight is 483 g/mol. The number of amides is 1.